The van der Waals surface area contributed by atoms with Gasteiger partial charge < -0.3 is 5.32 Å². The Labute approximate surface area is 167 Å². The zero-order valence-corrected chi connectivity index (χ0v) is 17.8. The fourth-order valence-electron chi connectivity index (χ4n) is 3.93. The first kappa shape index (κ1) is 19.0. The number of nitrogens with zero attached hydrogens (tertiary/aromatic N) is 2. The molecule has 146 valence electrons. The van der Waals surface area contributed by atoms with Gasteiger partial charge in [0.25, 0.3) is 5.56 Å². The predicted molar refractivity (Wildman–Crippen MR) is 112 cm³/mol. The molecule has 2 atom stereocenters. The average Bonchev–Trinajstić information content (AvgIpc) is 3.41. The Morgan fingerprint density at radius 3 is 2.89 bits per heavy atom. The summed E-state index contributed by atoms with van der Waals surface area (Å²) in [5.41, 5.74) is 1.28. The molecule has 27 heavy (non-hydrogen) atoms. The minimum atomic E-state index is 0.0238. The van der Waals surface area contributed by atoms with Crippen molar-refractivity contribution in [2.24, 2.45) is 11.8 Å². The molecule has 5 nitrogen and oxygen atoms in total. The van der Waals surface area contributed by atoms with E-state index in [1.807, 2.05) is 6.92 Å². The van der Waals surface area contributed by atoms with Gasteiger partial charge in [-0.25, -0.2) is 4.98 Å². The Morgan fingerprint density at radius 1 is 1.41 bits per heavy atom. The highest BCUT2D eigenvalue weighted by molar-refractivity contribution is 7.99. The molecular weight excluding hydrogens is 378 g/mol. The van der Waals surface area contributed by atoms with E-state index >= 15 is 0 Å². The molecule has 2 aromatic heterocycles. The Hall–Kier alpha value is -1.34. The van der Waals surface area contributed by atoms with Crippen LogP contribution < -0.4 is 10.9 Å². The zero-order valence-electron chi connectivity index (χ0n) is 16.2. The molecule has 0 aromatic carbocycles. The van der Waals surface area contributed by atoms with Crippen molar-refractivity contribution >= 4 is 39.2 Å². The van der Waals surface area contributed by atoms with E-state index < -0.39 is 0 Å². The lowest BCUT2D eigenvalue weighted by Gasteiger charge is -2.17. The van der Waals surface area contributed by atoms with Crippen molar-refractivity contribution in [3.63, 3.8) is 0 Å². The van der Waals surface area contributed by atoms with Gasteiger partial charge in [0.05, 0.1) is 11.1 Å². The van der Waals surface area contributed by atoms with Gasteiger partial charge in [-0.2, -0.15) is 0 Å². The van der Waals surface area contributed by atoms with Gasteiger partial charge in [-0.1, -0.05) is 18.7 Å². The molecule has 4 rings (SSSR count). The lowest BCUT2D eigenvalue weighted by Crippen LogP contribution is -2.35. The van der Waals surface area contributed by atoms with Crippen LogP contribution in [-0.2, 0) is 24.2 Å². The van der Waals surface area contributed by atoms with E-state index in [0.29, 0.717) is 29.3 Å². The topological polar surface area (TPSA) is 64.0 Å². The van der Waals surface area contributed by atoms with E-state index in [1.165, 1.54) is 35.0 Å². The van der Waals surface area contributed by atoms with Gasteiger partial charge in [0.15, 0.2) is 5.16 Å². The highest BCUT2D eigenvalue weighted by Gasteiger charge is 2.29. The van der Waals surface area contributed by atoms with Gasteiger partial charge in [-0.15, -0.1) is 11.3 Å². The highest BCUT2D eigenvalue weighted by atomic mass is 32.2. The first-order valence-electron chi connectivity index (χ1n) is 9.95. The second-order valence-electron chi connectivity index (χ2n) is 7.96. The number of hydrogen-bond acceptors (Lipinski definition) is 5. The third-order valence-electron chi connectivity index (χ3n) is 5.75. The van der Waals surface area contributed by atoms with Crippen molar-refractivity contribution in [3.05, 3.63) is 20.8 Å². The molecule has 2 aliphatic rings. The van der Waals surface area contributed by atoms with Gasteiger partial charge in [0, 0.05) is 17.5 Å². The number of carbonyl (C=O) groups excluding carboxylic acids is 1. The smallest absolute Gasteiger partial charge is 0.263 e. The minimum Gasteiger partial charge on any atom is -0.353 e. The minimum absolute atomic E-state index is 0.0238. The standard InChI is InChI=1S/C20H27N3O2S2/c1-4-23-19(25)17-14-8-5-11(2)9-15(14)27-18(17)22-20(23)26-10-16(24)21-12(3)13-6-7-13/h11-13H,4-10H2,1-3H3,(H,21,24). The van der Waals surface area contributed by atoms with Crippen molar-refractivity contribution < 1.29 is 4.79 Å². The molecule has 1 saturated carbocycles. The van der Waals surface area contributed by atoms with Crippen LogP contribution in [0.2, 0.25) is 0 Å². The van der Waals surface area contributed by atoms with E-state index in [1.54, 1.807) is 15.9 Å². The molecule has 0 spiro atoms. The van der Waals surface area contributed by atoms with Gasteiger partial charge in [0.2, 0.25) is 5.91 Å². The molecule has 2 unspecified atom stereocenters. The lowest BCUT2D eigenvalue weighted by molar-refractivity contribution is -0.119. The van der Waals surface area contributed by atoms with Crippen LogP contribution >= 0.6 is 23.1 Å². The SMILES string of the molecule is CCn1c(SCC(=O)NC(C)C2CC2)nc2sc3c(c2c1=O)CCC(C)C3. The van der Waals surface area contributed by atoms with Gasteiger partial charge in [-0.3, -0.25) is 14.2 Å². The highest BCUT2D eigenvalue weighted by Crippen LogP contribution is 2.36. The summed E-state index contributed by atoms with van der Waals surface area (Å²) in [5, 5.41) is 4.56. The quantitative estimate of drug-likeness (QED) is 0.589. The molecule has 0 bridgehead atoms. The van der Waals surface area contributed by atoms with Crippen molar-refractivity contribution in [3.8, 4) is 0 Å². The van der Waals surface area contributed by atoms with Crippen molar-refractivity contribution in [2.45, 2.75) is 70.6 Å². The first-order chi connectivity index (χ1) is 13.0. The van der Waals surface area contributed by atoms with Crippen LogP contribution in [0.1, 0.15) is 50.5 Å². The van der Waals surface area contributed by atoms with Crippen molar-refractivity contribution in [1.82, 2.24) is 14.9 Å². The summed E-state index contributed by atoms with van der Waals surface area (Å²) >= 11 is 3.05. The third kappa shape index (κ3) is 3.81. The molecule has 2 aromatic rings. The largest absolute Gasteiger partial charge is 0.353 e. The van der Waals surface area contributed by atoms with E-state index in [-0.39, 0.29) is 17.5 Å². The number of amides is 1. The van der Waals surface area contributed by atoms with Crippen LogP contribution in [0, 0.1) is 11.8 Å². The number of thioether (sulfide) groups is 1. The number of nitrogens with one attached hydrogen (secondary N) is 1. The van der Waals surface area contributed by atoms with Crippen molar-refractivity contribution in [1.29, 1.82) is 0 Å². The number of thiophene rings is 1. The van der Waals surface area contributed by atoms with E-state index in [4.69, 9.17) is 4.98 Å². The van der Waals surface area contributed by atoms with E-state index in [2.05, 4.69) is 19.2 Å². The predicted octanol–water partition coefficient (Wildman–Crippen LogP) is 3.61. The number of hydrogen-bond donors (Lipinski definition) is 1. The second kappa shape index (κ2) is 7.59. The van der Waals surface area contributed by atoms with E-state index in [0.717, 1.165) is 29.5 Å². The van der Waals surface area contributed by atoms with Crippen LogP contribution in [0.15, 0.2) is 9.95 Å². The molecule has 0 saturated heterocycles. The Bertz CT molecular complexity index is 929. The molecule has 2 heterocycles. The molecule has 0 aliphatic heterocycles. The number of rotatable bonds is 6. The summed E-state index contributed by atoms with van der Waals surface area (Å²) in [7, 11) is 0. The summed E-state index contributed by atoms with van der Waals surface area (Å²) in [6, 6.07) is 0.243. The normalized spacial score (nSPS) is 20.5. The van der Waals surface area contributed by atoms with Gasteiger partial charge in [-0.05, 0) is 63.4 Å². The zero-order chi connectivity index (χ0) is 19.1. The molecule has 7 heteroatoms. The molecule has 1 amide bonds. The Kier molecular flexibility index (Phi) is 5.34. The lowest BCUT2D eigenvalue weighted by atomic mass is 9.89. The number of fused-ring (bicyclic) bond motifs is 3. The fraction of sp³-hybridized carbons (Fsp3) is 0.650. The van der Waals surface area contributed by atoms with Gasteiger partial charge >= 0.3 is 0 Å². The summed E-state index contributed by atoms with van der Waals surface area (Å²) < 4.78 is 1.73. The molecular formula is C20H27N3O2S2. The van der Waals surface area contributed by atoms with Crippen LogP contribution in [0.4, 0.5) is 0 Å². The molecule has 1 fully saturated rings. The Balaban J connectivity index is 1.58. The summed E-state index contributed by atoms with van der Waals surface area (Å²) in [6.45, 7) is 6.89. The summed E-state index contributed by atoms with van der Waals surface area (Å²) in [6.07, 6.45) is 5.59. The summed E-state index contributed by atoms with van der Waals surface area (Å²) in [5.74, 6) is 1.64. The maximum absolute atomic E-state index is 13.1. The average molecular weight is 406 g/mol. The molecule has 2 aliphatic carbocycles. The van der Waals surface area contributed by atoms with Crippen molar-refractivity contribution in [2.75, 3.05) is 5.75 Å². The molecule has 0 radical (unpaired) electrons. The van der Waals surface area contributed by atoms with Gasteiger partial charge in [0.1, 0.15) is 4.83 Å². The molecule has 1 N–H and O–H groups in total. The fourth-order valence-corrected chi connectivity index (χ4v) is 6.23. The Morgan fingerprint density at radius 2 is 2.19 bits per heavy atom. The third-order valence-corrected chi connectivity index (χ3v) is 7.87. The maximum atomic E-state index is 13.1. The summed E-state index contributed by atoms with van der Waals surface area (Å²) in [4.78, 5) is 32.4. The maximum Gasteiger partial charge on any atom is 0.263 e. The number of aryl methyl sites for hydroxylation is 1. The first-order valence-corrected chi connectivity index (χ1v) is 11.7. The second-order valence-corrected chi connectivity index (χ2v) is 9.98. The van der Waals surface area contributed by atoms with Crippen LogP contribution in [0.25, 0.3) is 10.2 Å². The van der Waals surface area contributed by atoms with Crippen LogP contribution in [0.3, 0.4) is 0 Å². The van der Waals surface area contributed by atoms with Crippen LogP contribution in [0.5, 0.6) is 0 Å². The number of aromatic nitrogens is 2. The van der Waals surface area contributed by atoms with Crippen LogP contribution in [-0.4, -0.2) is 27.3 Å². The van der Waals surface area contributed by atoms with E-state index in [9.17, 15) is 9.59 Å². The number of carbonyl (C=O) groups is 1. The monoisotopic (exact) mass is 405 g/mol.